The van der Waals surface area contributed by atoms with Crippen LogP contribution in [0, 0.1) is 40.7 Å². The lowest BCUT2D eigenvalue weighted by Gasteiger charge is -2.23. The van der Waals surface area contributed by atoms with Crippen LogP contribution in [-0.2, 0) is 14.3 Å². The first-order valence-electron chi connectivity index (χ1n) is 7.72. The predicted octanol–water partition coefficient (Wildman–Crippen LogP) is 2.04. The smallest absolute Gasteiger partial charge is 0.310 e. The Kier molecular flexibility index (Phi) is 2.94. The van der Waals surface area contributed by atoms with E-state index >= 15 is 0 Å². The molecule has 0 aromatic heterocycles. The average molecular weight is 316 g/mol. The molecule has 1 saturated heterocycles. The third-order valence-corrected chi connectivity index (χ3v) is 5.46. The average Bonchev–Trinajstić information content (AvgIpc) is 3.10. The Hall–Kier alpha value is -2.44. The van der Waals surface area contributed by atoms with Gasteiger partial charge in [-0.1, -0.05) is 6.07 Å². The Bertz CT molecular complexity index is 729. The highest BCUT2D eigenvalue weighted by molar-refractivity contribution is 5.97. The van der Waals surface area contributed by atoms with E-state index in [1.165, 1.54) is 6.07 Å². The van der Waals surface area contributed by atoms with Crippen LogP contribution in [0.3, 0.4) is 0 Å². The van der Waals surface area contributed by atoms with Crippen molar-refractivity contribution in [1.82, 2.24) is 0 Å². The third-order valence-electron chi connectivity index (χ3n) is 5.46. The number of nitro benzene ring substituents is 1. The zero-order valence-electron chi connectivity index (χ0n) is 12.5. The van der Waals surface area contributed by atoms with Crippen molar-refractivity contribution in [2.45, 2.75) is 25.9 Å². The zero-order chi connectivity index (χ0) is 16.3. The van der Waals surface area contributed by atoms with Crippen molar-refractivity contribution >= 4 is 23.3 Å². The van der Waals surface area contributed by atoms with E-state index in [4.69, 9.17) is 4.74 Å². The number of benzene rings is 1. The van der Waals surface area contributed by atoms with Crippen molar-refractivity contribution in [3.63, 3.8) is 0 Å². The number of aryl methyl sites for hydroxylation is 1. The number of amides is 1. The maximum Gasteiger partial charge on any atom is 0.310 e. The van der Waals surface area contributed by atoms with Gasteiger partial charge < -0.3 is 10.1 Å². The molecule has 1 aromatic rings. The molecule has 2 saturated carbocycles. The Labute approximate surface area is 132 Å². The second-order valence-electron chi connectivity index (χ2n) is 6.67. The largest absolute Gasteiger partial charge is 0.462 e. The fourth-order valence-corrected chi connectivity index (χ4v) is 4.47. The summed E-state index contributed by atoms with van der Waals surface area (Å²) in [6.45, 7) is 1.65. The van der Waals surface area contributed by atoms with Crippen molar-refractivity contribution in [2.75, 3.05) is 5.32 Å². The molecule has 3 aliphatic rings. The number of hydrogen-bond acceptors (Lipinski definition) is 5. The molecule has 1 aromatic carbocycles. The monoisotopic (exact) mass is 316 g/mol. The summed E-state index contributed by atoms with van der Waals surface area (Å²) in [5, 5.41) is 13.7. The van der Waals surface area contributed by atoms with Gasteiger partial charge in [0.25, 0.3) is 5.69 Å². The van der Waals surface area contributed by atoms with Gasteiger partial charge in [-0.25, -0.2) is 0 Å². The Morgan fingerprint density at radius 1 is 1.39 bits per heavy atom. The van der Waals surface area contributed by atoms with Gasteiger partial charge in [0.05, 0.1) is 16.8 Å². The highest BCUT2D eigenvalue weighted by Gasteiger charge is 2.63. The number of nitrogens with zero attached hydrogens (tertiary/aromatic N) is 1. The lowest BCUT2D eigenvalue weighted by molar-refractivity contribution is -0.385. The number of nitro groups is 1. The number of anilines is 1. The van der Waals surface area contributed by atoms with E-state index in [1.807, 2.05) is 0 Å². The molecule has 1 N–H and O–H groups in total. The van der Waals surface area contributed by atoms with Gasteiger partial charge in [0.2, 0.25) is 5.91 Å². The van der Waals surface area contributed by atoms with Crippen LogP contribution < -0.4 is 5.32 Å². The first-order valence-corrected chi connectivity index (χ1v) is 7.72. The quantitative estimate of drug-likeness (QED) is 0.522. The minimum atomic E-state index is -0.471. The molecular weight excluding hydrogens is 300 g/mol. The van der Waals surface area contributed by atoms with E-state index in [0.29, 0.717) is 11.3 Å². The maximum absolute atomic E-state index is 12.6. The summed E-state index contributed by atoms with van der Waals surface area (Å²) >= 11 is 0. The Morgan fingerprint density at radius 3 is 2.91 bits per heavy atom. The summed E-state index contributed by atoms with van der Waals surface area (Å²) in [5.74, 6) is -0.906. The van der Waals surface area contributed by atoms with Crippen LogP contribution in [-0.4, -0.2) is 22.9 Å². The molecule has 5 atom stereocenters. The van der Waals surface area contributed by atoms with Gasteiger partial charge in [-0.15, -0.1) is 0 Å². The van der Waals surface area contributed by atoms with Gasteiger partial charge in [-0.3, -0.25) is 19.7 Å². The molecule has 1 aliphatic heterocycles. The van der Waals surface area contributed by atoms with Crippen LogP contribution in [0.1, 0.15) is 18.4 Å². The van der Waals surface area contributed by atoms with E-state index in [0.717, 1.165) is 12.8 Å². The summed E-state index contributed by atoms with van der Waals surface area (Å²) in [4.78, 5) is 35.1. The van der Waals surface area contributed by atoms with Crippen LogP contribution in [0.15, 0.2) is 18.2 Å². The zero-order valence-corrected chi connectivity index (χ0v) is 12.5. The maximum atomic E-state index is 12.6. The summed E-state index contributed by atoms with van der Waals surface area (Å²) in [6, 6.07) is 4.60. The van der Waals surface area contributed by atoms with E-state index in [-0.39, 0.29) is 47.3 Å². The van der Waals surface area contributed by atoms with Crippen molar-refractivity contribution in [1.29, 1.82) is 0 Å². The fraction of sp³-hybridized carbons (Fsp3) is 0.500. The summed E-state index contributed by atoms with van der Waals surface area (Å²) < 4.78 is 5.33. The Morgan fingerprint density at radius 2 is 2.17 bits per heavy atom. The molecule has 1 heterocycles. The van der Waals surface area contributed by atoms with Crippen LogP contribution >= 0.6 is 0 Å². The predicted molar refractivity (Wildman–Crippen MR) is 79.5 cm³/mol. The molecule has 4 rings (SSSR count). The number of rotatable bonds is 3. The van der Waals surface area contributed by atoms with Gasteiger partial charge in [-0.05, 0) is 31.7 Å². The number of fused-ring (bicyclic) bond motifs is 1. The molecule has 0 spiro atoms. The highest BCUT2D eigenvalue weighted by atomic mass is 16.6. The van der Waals surface area contributed by atoms with Gasteiger partial charge in [0.15, 0.2) is 0 Å². The SMILES string of the molecule is Cc1ccc(NC(=O)[C@@H]2[C@@H]3C[C@H]4[C@@H]2C(=O)O[C@@H]4C3)cc1[N+](=O)[O-]. The molecule has 23 heavy (non-hydrogen) atoms. The minimum absolute atomic E-state index is 0.0120. The molecule has 0 radical (unpaired) electrons. The molecule has 120 valence electrons. The Balaban J connectivity index is 1.56. The van der Waals surface area contributed by atoms with Gasteiger partial charge in [-0.2, -0.15) is 0 Å². The number of esters is 1. The number of hydrogen-bond donors (Lipinski definition) is 1. The normalized spacial score (nSPS) is 33.6. The van der Waals surface area contributed by atoms with E-state index in [1.54, 1.807) is 19.1 Å². The molecule has 2 aliphatic carbocycles. The number of carbonyl (C=O) groups excluding carboxylic acids is 2. The van der Waals surface area contributed by atoms with Gasteiger partial charge >= 0.3 is 5.97 Å². The van der Waals surface area contributed by atoms with E-state index in [2.05, 4.69) is 5.32 Å². The standard InChI is InChI=1S/C16H16N2O5/c1-7-2-3-9(6-11(7)18(21)22)17-15(19)13-8-4-10-12(5-8)23-16(20)14(10)13/h2-3,6,8,10,12-14H,4-5H2,1H3,(H,17,19)/t8-,10-,12-,13-,14+/m1/s1. The first kappa shape index (κ1) is 14.2. The second kappa shape index (κ2) is 4.78. The summed E-state index contributed by atoms with van der Waals surface area (Å²) in [7, 11) is 0. The van der Waals surface area contributed by atoms with E-state index < -0.39 is 4.92 Å². The first-order chi connectivity index (χ1) is 11.0. The van der Waals surface area contributed by atoms with Crippen molar-refractivity contribution in [3.8, 4) is 0 Å². The number of nitrogens with one attached hydrogen (secondary N) is 1. The van der Waals surface area contributed by atoms with Gasteiger partial charge in [0.1, 0.15) is 6.10 Å². The van der Waals surface area contributed by atoms with Crippen molar-refractivity contribution in [2.24, 2.45) is 23.7 Å². The fourth-order valence-electron chi connectivity index (χ4n) is 4.47. The molecule has 0 unspecified atom stereocenters. The van der Waals surface area contributed by atoms with Crippen LogP contribution in [0.2, 0.25) is 0 Å². The molecule has 2 bridgehead atoms. The minimum Gasteiger partial charge on any atom is -0.462 e. The molecule has 1 amide bonds. The third kappa shape index (κ3) is 2.03. The molecule has 7 heteroatoms. The second-order valence-corrected chi connectivity index (χ2v) is 6.67. The topological polar surface area (TPSA) is 98.5 Å². The summed E-state index contributed by atoms with van der Waals surface area (Å²) in [5.41, 5.74) is 0.893. The highest BCUT2D eigenvalue weighted by Crippen LogP contribution is 2.57. The number of carbonyl (C=O) groups is 2. The number of ether oxygens (including phenoxy) is 1. The summed E-state index contributed by atoms with van der Waals surface area (Å²) in [6.07, 6.45) is 1.59. The molecule has 3 fully saturated rings. The van der Waals surface area contributed by atoms with Crippen LogP contribution in [0.25, 0.3) is 0 Å². The lowest BCUT2D eigenvalue weighted by Crippen LogP contribution is -2.35. The molecule has 7 nitrogen and oxygen atoms in total. The van der Waals surface area contributed by atoms with Crippen LogP contribution in [0.5, 0.6) is 0 Å². The molecular formula is C16H16N2O5. The van der Waals surface area contributed by atoms with Crippen molar-refractivity contribution < 1.29 is 19.2 Å². The van der Waals surface area contributed by atoms with Gasteiger partial charge in [0, 0.05) is 23.2 Å². The van der Waals surface area contributed by atoms with E-state index in [9.17, 15) is 19.7 Å². The van der Waals surface area contributed by atoms with Crippen LogP contribution in [0.4, 0.5) is 11.4 Å². The van der Waals surface area contributed by atoms with Crippen molar-refractivity contribution in [3.05, 3.63) is 33.9 Å². The lowest BCUT2D eigenvalue weighted by atomic mass is 9.79.